The predicted octanol–water partition coefficient (Wildman–Crippen LogP) is 1.71. The van der Waals surface area contributed by atoms with Crippen LogP contribution in [-0.4, -0.2) is 29.3 Å². The van der Waals surface area contributed by atoms with Gasteiger partial charge in [0.05, 0.1) is 10.5 Å². The summed E-state index contributed by atoms with van der Waals surface area (Å²) in [5.74, 6) is 0.671. The topological polar surface area (TPSA) is 101 Å². The van der Waals surface area contributed by atoms with Gasteiger partial charge in [0.25, 0.3) is 5.56 Å². The molecule has 4 rings (SSSR count). The SMILES string of the molecule is Cn1nc(-c2nccn2CCc2c[nH]c(=O)[nH]c2=O)c2c(Cl)cccc21. The van der Waals surface area contributed by atoms with Gasteiger partial charge >= 0.3 is 5.69 Å². The Morgan fingerprint density at radius 2 is 2.12 bits per heavy atom. The zero-order valence-electron chi connectivity index (χ0n) is 13.9. The van der Waals surface area contributed by atoms with Crippen LogP contribution in [0.2, 0.25) is 5.02 Å². The number of aryl methyl sites for hydroxylation is 3. The van der Waals surface area contributed by atoms with E-state index in [9.17, 15) is 9.59 Å². The van der Waals surface area contributed by atoms with Crippen LogP contribution in [0.25, 0.3) is 22.4 Å². The Bertz CT molecular complexity index is 1220. The maximum Gasteiger partial charge on any atom is 0.325 e. The van der Waals surface area contributed by atoms with Gasteiger partial charge in [0.2, 0.25) is 0 Å². The molecule has 0 aliphatic heterocycles. The molecule has 8 nitrogen and oxygen atoms in total. The fourth-order valence-electron chi connectivity index (χ4n) is 3.00. The second-order valence-electron chi connectivity index (χ2n) is 5.90. The summed E-state index contributed by atoms with van der Waals surface area (Å²) in [6.07, 6.45) is 5.38. The van der Waals surface area contributed by atoms with Crippen molar-refractivity contribution in [3.05, 3.63) is 68.2 Å². The molecule has 0 bridgehead atoms. The lowest BCUT2D eigenvalue weighted by atomic mass is 10.2. The molecule has 3 aromatic heterocycles. The number of fused-ring (bicyclic) bond motifs is 1. The van der Waals surface area contributed by atoms with E-state index in [0.717, 1.165) is 10.9 Å². The summed E-state index contributed by atoms with van der Waals surface area (Å²) < 4.78 is 3.68. The number of nitrogens with one attached hydrogen (secondary N) is 2. The fraction of sp³-hybridized carbons (Fsp3) is 0.176. The van der Waals surface area contributed by atoms with E-state index in [1.165, 1.54) is 6.20 Å². The van der Waals surface area contributed by atoms with Crippen molar-refractivity contribution in [3.63, 3.8) is 0 Å². The van der Waals surface area contributed by atoms with Gasteiger partial charge in [0.1, 0.15) is 5.69 Å². The summed E-state index contributed by atoms with van der Waals surface area (Å²) in [7, 11) is 1.86. The summed E-state index contributed by atoms with van der Waals surface area (Å²) in [5.41, 5.74) is 1.19. The van der Waals surface area contributed by atoms with Crippen molar-refractivity contribution in [2.45, 2.75) is 13.0 Å². The molecule has 0 radical (unpaired) electrons. The van der Waals surface area contributed by atoms with E-state index >= 15 is 0 Å². The Hall–Kier alpha value is -3.13. The van der Waals surface area contributed by atoms with Crippen molar-refractivity contribution in [2.24, 2.45) is 7.05 Å². The molecule has 0 unspecified atom stereocenters. The van der Waals surface area contributed by atoms with E-state index in [1.807, 2.05) is 36.0 Å². The molecule has 0 saturated carbocycles. The smallest absolute Gasteiger partial charge is 0.325 e. The van der Waals surface area contributed by atoms with Gasteiger partial charge in [-0.25, -0.2) is 9.78 Å². The van der Waals surface area contributed by atoms with Gasteiger partial charge in [-0.15, -0.1) is 0 Å². The summed E-state index contributed by atoms with van der Waals surface area (Å²) in [4.78, 5) is 32.1. The minimum absolute atomic E-state index is 0.387. The maximum atomic E-state index is 11.8. The highest BCUT2D eigenvalue weighted by atomic mass is 35.5. The predicted molar refractivity (Wildman–Crippen MR) is 98.3 cm³/mol. The van der Waals surface area contributed by atoms with Crippen LogP contribution in [-0.2, 0) is 20.0 Å². The third-order valence-electron chi connectivity index (χ3n) is 4.27. The summed E-state index contributed by atoms with van der Waals surface area (Å²) in [6, 6.07) is 5.65. The lowest BCUT2D eigenvalue weighted by Crippen LogP contribution is -2.25. The van der Waals surface area contributed by atoms with Crippen LogP contribution in [0.4, 0.5) is 0 Å². The lowest BCUT2D eigenvalue weighted by Gasteiger charge is -2.06. The number of nitrogens with zero attached hydrogens (tertiary/aromatic N) is 4. The highest BCUT2D eigenvalue weighted by molar-refractivity contribution is 6.36. The highest BCUT2D eigenvalue weighted by Gasteiger charge is 2.17. The Labute approximate surface area is 152 Å². The van der Waals surface area contributed by atoms with Gasteiger partial charge in [0.15, 0.2) is 5.82 Å². The zero-order chi connectivity index (χ0) is 18.3. The first-order valence-electron chi connectivity index (χ1n) is 7.98. The highest BCUT2D eigenvalue weighted by Crippen LogP contribution is 2.32. The molecule has 9 heteroatoms. The number of imidazole rings is 1. The fourth-order valence-corrected chi connectivity index (χ4v) is 3.26. The monoisotopic (exact) mass is 370 g/mol. The molecule has 1 aromatic carbocycles. The van der Waals surface area contributed by atoms with Gasteiger partial charge in [0, 0.05) is 43.1 Å². The molecule has 0 fully saturated rings. The number of halogens is 1. The number of benzene rings is 1. The van der Waals surface area contributed by atoms with Crippen LogP contribution < -0.4 is 11.2 Å². The number of hydrogen-bond acceptors (Lipinski definition) is 4. The van der Waals surface area contributed by atoms with Gasteiger partial charge in [-0.2, -0.15) is 5.10 Å². The second kappa shape index (κ2) is 6.30. The summed E-state index contributed by atoms with van der Waals surface area (Å²) >= 11 is 6.38. The van der Waals surface area contributed by atoms with Crippen molar-refractivity contribution in [1.82, 2.24) is 29.3 Å². The first-order valence-corrected chi connectivity index (χ1v) is 8.36. The van der Waals surface area contributed by atoms with Crippen molar-refractivity contribution in [3.8, 4) is 11.5 Å². The molecule has 0 spiro atoms. The molecular weight excluding hydrogens is 356 g/mol. The van der Waals surface area contributed by atoms with Crippen molar-refractivity contribution >= 4 is 22.5 Å². The average molecular weight is 371 g/mol. The van der Waals surface area contributed by atoms with Crippen LogP contribution in [0.3, 0.4) is 0 Å². The molecule has 0 amide bonds. The first-order chi connectivity index (χ1) is 12.5. The number of hydrogen-bond donors (Lipinski definition) is 2. The molecular formula is C17H15ClN6O2. The number of aromatic amines is 2. The van der Waals surface area contributed by atoms with E-state index in [1.54, 1.807) is 10.9 Å². The molecule has 4 aromatic rings. The Morgan fingerprint density at radius 3 is 2.92 bits per heavy atom. The maximum absolute atomic E-state index is 11.8. The van der Waals surface area contributed by atoms with E-state index in [4.69, 9.17) is 11.6 Å². The van der Waals surface area contributed by atoms with E-state index in [0.29, 0.717) is 35.1 Å². The normalized spacial score (nSPS) is 11.3. The number of rotatable bonds is 4. The minimum atomic E-state index is -0.517. The summed E-state index contributed by atoms with van der Waals surface area (Å²) in [5, 5.41) is 6.02. The van der Waals surface area contributed by atoms with E-state index in [-0.39, 0.29) is 5.56 Å². The molecule has 2 N–H and O–H groups in total. The number of H-pyrrole nitrogens is 2. The molecule has 3 heterocycles. The minimum Gasteiger partial charge on any atom is -0.329 e. The second-order valence-corrected chi connectivity index (χ2v) is 6.30. The van der Waals surface area contributed by atoms with Gasteiger partial charge < -0.3 is 9.55 Å². The molecule has 132 valence electrons. The zero-order valence-corrected chi connectivity index (χ0v) is 14.6. The van der Waals surface area contributed by atoms with Crippen LogP contribution >= 0.6 is 11.6 Å². The van der Waals surface area contributed by atoms with Crippen molar-refractivity contribution in [2.75, 3.05) is 0 Å². The number of aromatic nitrogens is 6. The third-order valence-corrected chi connectivity index (χ3v) is 4.59. The van der Waals surface area contributed by atoms with Crippen LogP contribution in [0.5, 0.6) is 0 Å². The van der Waals surface area contributed by atoms with Crippen LogP contribution in [0.15, 0.2) is 46.4 Å². The summed E-state index contributed by atoms with van der Waals surface area (Å²) in [6.45, 7) is 0.507. The molecule has 26 heavy (non-hydrogen) atoms. The molecule has 0 aliphatic carbocycles. The van der Waals surface area contributed by atoms with Crippen LogP contribution in [0.1, 0.15) is 5.56 Å². The van der Waals surface area contributed by atoms with Crippen LogP contribution in [0, 0.1) is 0 Å². The van der Waals surface area contributed by atoms with Crippen molar-refractivity contribution < 1.29 is 0 Å². The van der Waals surface area contributed by atoms with Gasteiger partial charge in [-0.1, -0.05) is 17.7 Å². The van der Waals surface area contributed by atoms with Crippen molar-refractivity contribution in [1.29, 1.82) is 0 Å². The average Bonchev–Trinajstić information content (AvgIpc) is 3.19. The molecule has 0 aliphatic rings. The Morgan fingerprint density at radius 1 is 1.27 bits per heavy atom. The van der Waals surface area contributed by atoms with E-state index in [2.05, 4.69) is 20.1 Å². The lowest BCUT2D eigenvalue weighted by molar-refractivity contribution is 0.690. The Kier molecular flexibility index (Phi) is 3.96. The first kappa shape index (κ1) is 16.3. The molecule has 0 saturated heterocycles. The quantitative estimate of drug-likeness (QED) is 0.571. The molecule has 0 atom stereocenters. The van der Waals surface area contributed by atoms with Gasteiger partial charge in [-0.3, -0.25) is 14.5 Å². The largest absolute Gasteiger partial charge is 0.329 e. The standard InChI is InChI=1S/C17H15ClN6O2/c1-23-12-4-2-3-11(18)13(12)14(22-23)15-19-6-8-24(15)7-5-10-9-20-17(26)21-16(10)25/h2-4,6,8-9H,5,7H2,1H3,(H2,20,21,25,26). The van der Waals surface area contributed by atoms with Gasteiger partial charge in [-0.05, 0) is 18.6 Å². The Balaban J connectivity index is 1.72. The third kappa shape index (κ3) is 2.74. The van der Waals surface area contributed by atoms with E-state index < -0.39 is 5.69 Å².